The molecule has 0 aliphatic carbocycles. The number of anilines is 1. The Bertz CT molecular complexity index is 565. The second-order valence-corrected chi connectivity index (χ2v) is 3.77. The molecule has 1 aromatic heterocycles. The molecule has 1 aliphatic rings. The second-order valence-electron chi connectivity index (χ2n) is 3.77. The maximum Gasteiger partial charge on any atom is 0.253 e. The van der Waals surface area contributed by atoms with Gasteiger partial charge in [-0.15, -0.1) is 0 Å². The number of carbonyl (C=O) groups excluding carboxylic acids is 1. The average molecular weight is 213 g/mol. The van der Waals surface area contributed by atoms with Crippen LogP contribution in [0.2, 0.25) is 0 Å². The van der Waals surface area contributed by atoms with E-state index in [2.05, 4.69) is 15.6 Å². The van der Waals surface area contributed by atoms with E-state index < -0.39 is 0 Å². The third-order valence-corrected chi connectivity index (χ3v) is 2.78. The van der Waals surface area contributed by atoms with Crippen molar-refractivity contribution in [3.63, 3.8) is 0 Å². The zero-order chi connectivity index (χ0) is 11.0. The van der Waals surface area contributed by atoms with Crippen molar-refractivity contribution < 1.29 is 4.79 Å². The Morgan fingerprint density at radius 3 is 2.94 bits per heavy atom. The van der Waals surface area contributed by atoms with E-state index in [4.69, 9.17) is 0 Å². The van der Waals surface area contributed by atoms with E-state index >= 15 is 0 Å². The fraction of sp³-hybridized carbons (Fsp3) is 0.167. The monoisotopic (exact) mass is 213 g/mol. The molecule has 1 amide bonds. The average Bonchev–Trinajstić information content (AvgIpc) is 2.52. The summed E-state index contributed by atoms with van der Waals surface area (Å²) in [4.78, 5) is 15.9. The van der Waals surface area contributed by atoms with E-state index in [9.17, 15) is 4.79 Å². The van der Waals surface area contributed by atoms with E-state index in [-0.39, 0.29) is 5.91 Å². The van der Waals surface area contributed by atoms with Gasteiger partial charge in [-0.2, -0.15) is 0 Å². The van der Waals surface area contributed by atoms with Crippen molar-refractivity contribution in [1.82, 2.24) is 10.3 Å². The standard InChI is InChI=1S/C12H11N3O/c16-12-10-2-1-8-7-13-4-3-9(8)11(10)14-5-6-15-12/h1-4,7,14H,5-6H2,(H,15,16). The molecule has 0 fully saturated rings. The van der Waals surface area contributed by atoms with Crippen LogP contribution in [-0.4, -0.2) is 24.0 Å². The van der Waals surface area contributed by atoms with Crippen LogP contribution in [0.15, 0.2) is 30.6 Å². The molecule has 0 spiro atoms. The lowest BCUT2D eigenvalue weighted by Gasteiger charge is -2.09. The molecule has 16 heavy (non-hydrogen) atoms. The number of hydrogen-bond acceptors (Lipinski definition) is 3. The first-order valence-electron chi connectivity index (χ1n) is 5.25. The molecule has 0 saturated carbocycles. The predicted molar refractivity (Wildman–Crippen MR) is 62.6 cm³/mol. The summed E-state index contributed by atoms with van der Waals surface area (Å²) in [5, 5.41) is 8.23. The lowest BCUT2D eigenvalue weighted by molar-refractivity contribution is 0.0958. The molecule has 1 aromatic carbocycles. The van der Waals surface area contributed by atoms with Crippen LogP contribution in [0.25, 0.3) is 10.8 Å². The van der Waals surface area contributed by atoms with Crippen molar-refractivity contribution in [2.75, 3.05) is 18.4 Å². The highest BCUT2D eigenvalue weighted by Gasteiger charge is 2.16. The van der Waals surface area contributed by atoms with Crippen molar-refractivity contribution in [2.24, 2.45) is 0 Å². The molecule has 2 N–H and O–H groups in total. The van der Waals surface area contributed by atoms with Gasteiger partial charge in [0.2, 0.25) is 0 Å². The van der Waals surface area contributed by atoms with Gasteiger partial charge in [-0.25, -0.2) is 0 Å². The minimum Gasteiger partial charge on any atom is -0.382 e. The summed E-state index contributed by atoms with van der Waals surface area (Å²) >= 11 is 0. The Hall–Kier alpha value is -2.10. The highest BCUT2D eigenvalue weighted by Crippen LogP contribution is 2.27. The van der Waals surface area contributed by atoms with Crippen molar-refractivity contribution in [2.45, 2.75) is 0 Å². The third-order valence-electron chi connectivity index (χ3n) is 2.78. The van der Waals surface area contributed by atoms with Gasteiger partial charge in [0, 0.05) is 36.3 Å². The topological polar surface area (TPSA) is 54.0 Å². The number of pyridine rings is 1. The molecule has 4 heteroatoms. The first-order valence-corrected chi connectivity index (χ1v) is 5.25. The van der Waals surface area contributed by atoms with Crippen LogP contribution < -0.4 is 10.6 Å². The lowest BCUT2D eigenvalue weighted by Crippen LogP contribution is -2.24. The molecule has 0 radical (unpaired) electrons. The van der Waals surface area contributed by atoms with Crippen LogP contribution in [0, 0.1) is 0 Å². The molecule has 3 rings (SSSR count). The van der Waals surface area contributed by atoms with Crippen molar-refractivity contribution >= 4 is 22.4 Å². The van der Waals surface area contributed by atoms with Crippen LogP contribution in [0.5, 0.6) is 0 Å². The smallest absolute Gasteiger partial charge is 0.253 e. The maximum atomic E-state index is 11.8. The molecule has 0 bridgehead atoms. The van der Waals surface area contributed by atoms with Gasteiger partial charge in [0.15, 0.2) is 0 Å². The molecule has 2 aromatic rings. The minimum atomic E-state index is -0.0151. The first kappa shape index (κ1) is 9.15. The van der Waals surface area contributed by atoms with E-state index in [1.807, 2.05) is 18.2 Å². The predicted octanol–water partition coefficient (Wildman–Crippen LogP) is 1.39. The van der Waals surface area contributed by atoms with E-state index in [0.717, 1.165) is 23.0 Å². The van der Waals surface area contributed by atoms with Crippen LogP contribution in [0.3, 0.4) is 0 Å². The molecular formula is C12H11N3O. The fourth-order valence-corrected chi connectivity index (χ4v) is 2.01. The SMILES string of the molecule is O=C1NCCNc2c1ccc1cnccc21. The highest BCUT2D eigenvalue weighted by atomic mass is 16.1. The molecule has 0 atom stereocenters. The number of rotatable bonds is 0. The quantitative estimate of drug-likeness (QED) is 0.695. The molecular weight excluding hydrogens is 202 g/mol. The number of aromatic nitrogens is 1. The van der Waals surface area contributed by atoms with E-state index in [0.29, 0.717) is 12.1 Å². The van der Waals surface area contributed by atoms with Crippen LogP contribution in [0.4, 0.5) is 5.69 Å². The summed E-state index contributed by atoms with van der Waals surface area (Å²) in [7, 11) is 0. The molecule has 1 aliphatic heterocycles. The minimum absolute atomic E-state index is 0.0151. The van der Waals surface area contributed by atoms with Gasteiger partial charge in [-0.05, 0) is 12.1 Å². The van der Waals surface area contributed by atoms with Gasteiger partial charge in [0.05, 0.1) is 11.3 Å². The Morgan fingerprint density at radius 2 is 2.00 bits per heavy atom. The van der Waals surface area contributed by atoms with Crippen LogP contribution in [-0.2, 0) is 0 Å². The van der Waals surface area contributed by atoms with Gasteiger partial charge < -0.3 is 10.6 Å². The summed E-state index contributed by atoms with van der Waals surface area (Å²) < 4.78 is 0. The second kappa shape index (κ2) is 3.48. The zero-order valence-electron chi connectivity index (χ0n) is 8.66. The summed E-state index contributed by atoms with van der Waals surface area (Å²) in [6, 6.07) is 5.69. The summed E-state index contributed by atoms with van der Waals surface area (Å²) in [6.45, 7) is 1.40. The van der Waals surface area contributed by atoms with Gasteiger partial charge in [-0.1, -0.05) is 6.07 Å². The van der Waals surface area contributed by atoms with Crippen molar-refractivity contribution in [1.29, 1.82) is 0 Å². The molecule has 80 valence electrons. The van der Waals surface area contributed by atoms with E-state index in [1.54, 1.807) is 12.4 Å². The van der Waals surface area contributed by atoms with Crippen LogP contribution in [0.1, 0.15) is 10.4 Å². The normalized spacial score (nSPS) is 14.9. The largest absolute Gasteiger partial charge is 0.382 e. The summed E-state index contributed by atoms with van der Waals surface area (Å²) in [5.74, 6) is -0.0151. The van der Waals surface area contributed by atoms with Crippen molar-refractivity contribution in [3.8, 4) is 0 Å². The maximum absolute atomic E-state index is 11.8. The highest BCUT2D eigenvalue weighted by molar-refractivity contribution is 6.08. The Morgan fingerprint density at radius 1 is 1.12 bits per heavy atom. The number of nitrogens with one attached hydrogen (secondary N) is 2. The van der Waals surface area contributed by atoms with Crippen molar-refractivity contribution in [3.05, 3.63) is 36.2 Å². The summed E-state index contributed by atoms with van der Waals surface area (Å²) in [5.41, 5.74) is 1.62. The molecule has 0 unspecified atom stereocenters. The Kier molecular flexibility index (Phi) is 1.99. The molecule has 2 heterocycles. The van der Waals surface area contributed by atoms with Crippen LogP contribution >= 0.6 is 0 Å². The van der Waals surface area contributed by atoms with Gasteiger partial charge in [0.1, 0.15) is 0 Å². The number of fused-ring (bicyclic) bond motifs is 3. The third kappa shape index (κ3) is 1.31. The summed E-state index contributed by atoms with van der Waals surface area (Å²) in [6.07, 6.45) is 3.55. The Balaban J connectivity index is 2.32. The first-order chi connectivity index (χ1) is 7.86. The fourth-order valence-electron chi connectivity index (χ4n) is 2.01. The molecule has 4 nitrogen and oxygen atoms in total. The Labute approximate surface area is 92.7 Å². The zero-order valence-corrected chi connectivity index (χ0v) is 8.66. The number of hydrogen-bond donors (Lipinski definition) is 2. The number of carbonyl (C=O) groups is 1. The van der Waals surface area contributed by atoms with Gasteiger partial charge >= 0.3 is 0 Å². The number of benzene rings is 1. The number of amides is 1. The van der Waals surface area contributed by atoms with Gasteiger partial charge in [-0.3, -0.25) is 9.78 Å². The molecule has 0 saturated heterocycles. The van der Waals surface area contributed by atoms with E-state index in [1.165, 1.54) is 0 Å². The lowest BCUT2D eigenvalue weighted by atomic mass is 10.1. The number of nitrogens with zero attached hydrogens (tertiary/aromatic N) is 1. The van der Waals surface area contributed by atoms with Gasteiger partial charge in [0.25, 0.3) is 5.91 Å².